The second kappa shape index (κ2) is 7.97. The molecule has 27 heavy (non-hydrogen) atoms. The second-order valence-corrected chi connectivity index (χ2v) is 15.3. The molecule has 0 spiro atoms. The molecule has 0 aromatic heterocycles. The van der Waals surface area contributed by atoms with E-state index in [1.807, 2.05) is 35.2 Å². The lowest BCUT2D eigenvalue weighted by atomic mass is 10.0. The molecule has 1 amide bonds. The van der Waals surface area contributed by atoms with Gasteiger partial charge in [0.2, 0.25) is 0 Å². The van der Waals surface area contributed by atoms with E-state index < -0.39 is 8.32 Å². The first-order valence-electron chi connectivity index (χ1n) is 9.86. The lowest BCUT2D eigenvalue weighted by Gasteiger charge is -2.44. The molecule has 1 aromatic rings. The van der Waals surface area contributed by atoms with Gasteiger partial charge < -0.3 is 14.1 Å². The molecule has 2 aliphatic heterocycles. The minimum Gasteiger partial charge on any atom is -0.412 e. The molecule has 2 fully saturated rings. The fourth-order valence-electron chi connectivity index (χ4n) is 3.66. The van der Waals surface area contributed by atoms with Crippen molar-refractivity contribution >= 4 is 30.2 Å². The monoisotopic (exact) mass is 453 g/mol. The number of carbonyl (C=O) groups excluding carboxylic acids is 1. The number of hydrogen-bond donors (Lipinski definition) is 0. The van der Waals surface area contributed by atoms with E-state index >= 15 is 0 Å². The first-order valence-corrected chi connectivity index (χ1v) is 13.7. The SMILES string of the molecule is CC(C)(C)[Si](C)(C)O[C@@H]1C[C@@H](Br)[C@@H]2C[C@@H](OCc3ccccc3)C(=O)N2C1. The Bertz CT molecular complexity index is 661. The summed E-state index contributed by atoms with van der Waals surface area (Å²) in [7, 11) is -1.85. The predicted molar refractivity (Wildman–Crippen MR) is 115 cm³/mol. The van der Waals surface area contributed by atoms with Crippen LogP contribution < -0.4 is 0 Å². The maximum absolute atomic E-state index is 13.0. The van der Waals surface area contributed by atoms with E-state index in [-0.39, 0.29) is 34.0 Å². The predicted octanol–water partition coefficient (Wildman–Crippen LogP) is 4.73. The van der Waals surface area contributed by atoms with Crippen molar-refractivity contribution < 1.29 is 14.0 Å². The maximum atomic E-state index is 13.0. The van der Waals surface area contributed by atoms with E-state index in [0.717, 1.165) is 18.4 Å². The molecule has 6 heteroatoms. The van der Waals surface area contributed by atoms with Crippen molar-refractivity contribution in [3.05, 3.63) is 35.9 Å². The molecule has 1 aromatic carbocycles. The van der Waals surface area contributed by atoms with Crippen LogP contribution in [0.2, 0.25) is 18.1 Å². The van der Waals surface area contributed by atoms with Crippen molar-refractivity contribution in [1.29, 1.82) is 0 Å². The summed E-state index contributed by atoms with van der Waals surface area (Å²) in [6.07, 6.45) is 1.46. The van der Waals surface area contributed by atoms with E-state index in [1.165, 1.54) is 0 Å². The number of amides is 1. The molecule has 0 unspecified atom stereocenters. The zero-order chi connectivity index (χ0) is 19.8. The van der Waals surface area contributed by atoms with Gasteiger partial charge in [-0.05, 0) is 30.1 Å². The number of fused-ring (bicyclic) bond motifs is 1. The van der Waals surface area contributed by atoms with Gasteiger partial charge in [-0.25, -0.2) is 0 Å². The zero-order valence-electron chi connectivity index (χ0n) is 17.1. The van der Waals surface area contributed by atoms with Gasteiger partial charge >= 0.3 is 0 Å². The van der Waals surface area contributed by atoms with Crippen LogP contribution >= 0.6 is 15.9 Å². The number of hydrogen-bond acceptors (Lipinski definition) is 3. The first-order chi connectivity index (χ1) is 12.6. The van der Waals surface area contributed by atoms with Crippen LogP contribution in [-0.4, -0.2) is 48.7 Å². The van der Waals surface area contributed by atoms with Gasteiger partial charge in [0.05, 0.1) is 12.7 Å². The van der Waals surface area contributed by atoms with Crippen LogP contribution in [-0.2, 0) is 20.6 Å². The summed E-state index contributed by atoms with van der Waals surface area (Å²) in [5.74, 6) is 0.115. The summed E-state index contributed by atoms with van der Waals surface area (Å²) in [4.78, 5) is 15.2. The Hall–Kier alpha value is -0.693. The number of ether oxygens (including phenoxy) is 1. The molecule has 2 saturated heterocycles. The van der Waals surface area contributed by atoms with Crippen molar-refractivity contribution in [1.82, 2.24) is 4.90 Å². The van der Waals surface area contributed by atoms with Gasteiger partial charge in [-0.3, -0.25) is 4.79 Å². The standard InChI is InChI=1S/C21H32BrNO3Si/c1-21(2,3)27(4,5)26-16-11-17(22)18-12-19(20(24)23(18)13-16)25-14-15-9-7-6-8-10-15/h6-10,16-19H,11-14H2,1-5H3/t16-,17-,18+,19-/m1/s1. The number of nitrogens with zero attached hydrogens (tertiary/aromatic N) is 1. The average Bonchev–Trinajstić information content (AvgIpc) is 2.90. The summed E-state index contributed by atoms with van der Waals surface area (Å²) in [5, 5.41) is 0.169. The van der Waals surface area contributed by atoms with Crippen LogP contribution in [0.4, 0.5) is 0 Å². The van der Waals surface area contributed by atoms with Gasteiger partial charge in [0.1, 0.15) is 6.10 Å². The molecule has 2 aliphatic rings. The zero-order valence-corrected chi connectivity index (χ0v) is 19.7. The molecule has 0 N–H and O–H groups in total. The highest BCUT2D eigenvalue weighted by atomic mass is 79.9. The topological polar surface area (TPSA) is 38.8 Å². The summed E-state index contributed by atoms with van der Waals surface area (Å²) < 4.78 is 12.6. The Balaban J connectivity index is 1.62. The van der Waals surface area contributed by atoms with Gasteiger partial charge in [-0.1, -0.05) is 67.0 Å². The number of rotatable bonds is 5. The molecule has 2 heterocycles. The lowest BCUT2D eigenvalue weighted by molar-refractivity contribution is -0.140. The number of carbonyl (C=O) groups is 1. The Morgan fingerprint density at radius 3 is 2.48 bits per heavy atom. The summed E-state index contributed by atoms with van der Waals surface area (Å²) >= 11 is 3.83. The van der Waals surface area contributed by atoms with Crippen molar-refractivity contribution in [2.75, 3.05) is 6.54 Å². The van der Waals surface area contributed by atoms with Crippen molar-refractivity contribution in [3.8, 4) is 0 Å². The lowest BCUT2D eigenvalue weighted by Crippen LogP contribution is -2.54. The van der Waals surface area contributed by atoms with E-state index in [1.54, 1.807) is 0 Å². The molecule has 0 saturated carbocycles. The van der Waals surface area contributed by atoms with Crippen LogP contribution in [0.15, 0.2) is 30.3 Å². The van der Waals surface area contributed by atoms with Gasteiger partial charge in [-0.2, -0.15) is 0 Å². The van der Waals surface area contributed by atoms with Gasteiger partial charge in [0.25, 0.3) is 5.91 Å². The normalized spacial score (nSPS) is 29.1. The second-order valence-electron chi connectivity index (χ2n) is 9.33. The molecule has 0 bridgehead atoms. The molecule has 3 rings (SSSR count). The van der Waals surface area contributed by atoms with Crippen molar-refractivity contribution in [2.24, 2.45) is 0 Å². The number of alkyl halides is 1. The third-order valence-corrected chi connectivity index (χ3v) is 11.8. The van der Waals surface area contributed by atoms with Crippen LogP contribution in [0.5, 0.6) is 0 Å². The Morgan fingerprint density at radius 1 is 1.19 bits per heavy atom. The van der Waals surface area contributed by atoms with Crippen LogP contribution in [0.25, 0.3) is 0 Å². The number of piperidine rings is 1. The summed E-state index contributed by atoms with van der Waals surface area (Å²) in [6, 6.07) is 10.2. The number of benzene rings is 1. The third kappa shape index (κ3) is 4.66. The molecule has 0 radical (unpaired) electrons. The van der Waals surface area contributed by atoms with E-state index in [4.69, 9.17) is 9.16 Å². The van der Waals surface area contributed by atoms with Crippen LogP contribution in [0.3, 0.4) is 0 Å². The van der Waals surface area contributed by atoms with E-state index in [0.29, 0.717) is 13.2 Å². The highest BCUT2D eigenvalue weighted by Gasteiger charge is 2.49. The molecular weight excluding hydrogens is 422 g/mol. The van der Waals surface area contributed by atoms with Gasteiger partial charge in [0, 0.05) is 23.8 Å². The van der Waals surface area contributed by atoms with E-state index in [9.17, 15) is 4.79 Å². The molecule has 4 atom stereocenters. The first kappa shape index (κ1) is 21.0. The highest BCUT2D eigenvalue weighted by molar-refractivity contribution is 9.09. The quantitative estimate of drug-likeness (QED) is 0.477. The van der Waals surface area contributed by atoms with E-state index in [2.05, 4.69) is 49.8 Å². The largest absolute Gasteiger partial charge is 0.412 e. The minimum atomic E-state index is -1.85. The smallest absolute Gasteiger partial charge is 0.252 e. The maximum Gasteiger partial charge on any atom is 0.252 e. The third-order valence-electron chi connectivity index (χ3n) is 6.28. The molecular formula is C21H32BrNO3Si. The Morgan fingerprint density at radius 2 is 1.85 bits per heavy atom. The highest BCUT2D eigenvalue weighted by Crippen LogP contribution is 2.41. The van der Waals surface area contributed by atoms with Crippen molar-refractivity contribution in [3.63, 3.8) is 0 Å². The fourth-order valence-corrected chi connectivity index (χ4v) is 5.93. The molecule has 4 nitrogen and oxygen atoms in total. The minimum absolute atomic E-state index is 0.100. The Kier molecular flexibility index (Phi) is 6.21. The van der Waals surface area contributed by atoms with Gasteiger partial charge in [-0.15, -0.1) is 0 Å². The Labute approximate surface area is 172 Å². The van der Waals surface area contributed by atoms with Crippen LogP contribution in [0.1, 0.15) is 39.2 Å². The fraction of sp³-hybridized carbons (Fsp3) is 0.667. The average molecular weight is 454 g/mol. The van der Waals surface area contributed by atoms with Crippen LogP contribution in [0, 0.1) is 0 Å². The van der Waals surface area contributed by atoms with Crippen molar-refractivity contribution in [2.45, 2.75) is 81.4 Å². The summed E-state index contributed by atoms with van der Waals surface area (Å²) in [6.45, 7) is 12.5. The summed E-state index contributed by atoms with van der Waals surface area (Å²) in [5.41, 5.74) is 1.10. The molecule has 0 aliphatic carbocycles. The number of halogens is 1. The molecule has 150 valence electrons. The van der Waals surface area contributed by atoms with Gasteiger partial charge in [0.15, 0.2) is 8.32 Å².